The van der Waals surface area contributed by atoms with Gasteiger partial charge in [-0.1, -0.05) is 32.0 Å². The fourth-order valence-corrected chi connectivity index (χ4v) is 1.51. The fourth-order valence-electron chi connectivity index (χ4n) is 1.51. The van der Waals surface area contributed by atoms with Crippen LogP contribution in [0.1, 0.15) is 38.2 Å². The Morgan fingerprint density at radius 2 is 2.12 bits per heavy atom. The van der Waals surface area contributed by atoms with E-state index in [1.807, 2.05) is 24.3 Å². The van der Waals surface area contributed by atoms with Gasteiger partial charge in [-0.3, -0.25) is 4.79 Å². The minimum atomic E-state index is -0.0222. The van der Waals surface area contributed by atoms with Gasteiger partial charge >= 0.3 is 0 Å². The van der Waals surface area contributed by atoms with E-state index >= 15 is 0 Å². The molecular formula is C14H17NO. The van der Waals surface area contributed by atoms with Gasteiger partial charge in [-0.25, -0.2) is 0 Å². The molecule has 0 aromatic heterocycles. The van der Waals surface area contributed by atoms with E-state index in [4.69, 9.17) is 6.42 Å². The van der Waals surface area contributed by atoms with Crippen molar-refractivity contribution in [2.24, 2.45) is 0 Å². The molecule has 0 aliphatic heterocycles. The summed E-state index contributed by atoms with van der Waals surface area (Å²) in [5.74, 6) is 2.83. The van der Waals surface area contributed by atoms with Crippen LogP contribution in [0, 0.1) is 12.3 Å². The van der Waals surface area contributed by atoms with E-state index < -0.39 is 0 Å². The van der Waals surface area contributed by atoms with Crippen molar-refractivity contribution in [3.05, 3.63) is 29.8 Å². The SMILES string of the molecule is C#CCCC(=O)Nc1ccccc1C(C)C. The molecule has 0 unspecified atom stereocenters. The molecule has 0 radical (unpaired) electrons. The first-order chi connectivity index (χ1) is 7.65. The Morgan fingerprint density at radius 1 is 1.44 bits per heavy atom. The van der Waals surface area contributed by atoms with Crippen LogP contribution in [0.2, 0.25) is 0 Å². The first kappa shape index (κ1) is 12.3. The van der Waals surface area contributed by atoms with E-state index in [1.165, 1.54) is 0 Å². The predicted octanol–water partition coefficient (Wildman–Crippen LogP) is 3.16. The zero-order valence-electron chi connectivity index (χ0n) is 9.79. The van der Waals surface area contributed by atoms with Crippen LogP contribution < -0.4 is 5.32 Å². The quantitative estimate of drug-likeness (QED) is 0.768. The topological polar surface area (TPSA) is 29.1 Å². The number of carbonyl (C=O) groups excluding carboxylic acids is 1. The first-order valence-corrected chi connectivity index (χ1v) is 5.47. The van der Waals surface area contributed by atoms with E-state index in [0.717, 1.165) is 11.3 Å². The van der Waals surface area contributed by atoms with Gasteiger partial charge in [0, 0.05) is 18.5 Å². The average Bonchev–Trinajstić information content (AvgIpc) is 2.27. The molecule has 1 aromatic rings. The fraction of sp³-hybridized carbons (Fsp3) is 0.357. The zero-order valence-corrected chi connectivity index (χ0v) is 9.79. The predicted molar refractivity (Wildman–Crippen MR) is 67.2 cm³/mol. The Labute approximate surface area is 97.1 Å². The van der Waals surface area contributed by atoms with Crippen LogP contribution in [0.5, 0.6) is 0 Å². The maximum absolute atomic E-state index is 11.5. The summed E-state index contributed by atoms with van der Waals surface area (Å²) in [7, 11) is 0. The summed E-state index contributed by atoms with van der Waals surface area (Å²) >= 11 is 0. The van der Waals surface area contributed by atoms with Gasteiger partial charge in [0.1, 0.15) is 0 Å². The summed E-state index contributed by atoms with van der Waals surface area (Å²) in [5.41, 5.74) is 2.04. The van der Waals surface area contributed by atoms with Gasteiger partial charge in [-0.15, -0.1) is 12.3 Å². The van der Waals surface area contributed by atoms with Gasteiger partial charge in [0.15, 0.2) is 0 Å². The number of hydrogen-bond acceptors (Lipinski definition) is 1. The molecule has 1 rings (SSSR count). The normalized spacial score (nSPS) is 9.88. The van der Waals surface area contributed by atoms with Crippen molar-refractivity contribution in [1.29, 1.82) is 0 Å². The Morgan fingerprint density at radius 3 is 2.75 bits per heavy atom. The Bertz CT molecular complexity index is 401. The summed E-state index contributed by atoms with van der Waals surface area (Å²) in [6, 6.07) is 7.85. The standard InChI is InChI=1S/C14H17NO/c1-4-5-10-14(16)15-13-9-7-6-8-12(13)11(2)3/h1,6-9,11H,5,10H2,2-3H3,(H,15,16). The number of anilines is 1. The summed E-state index contributed by atoms with van der Waals surface area (Å²) < 4.78 is 0. The van der Waals surface area contributed by atoms with Gasteiger partial charge in [-0.05, 0) is 17.5 Å². The zero-order chi connectivity index (χ0) is 12.0. The van der Waals surface area contributed by atoms with Crippen LogP contribution in [0.4, 0.5) is 5.69 Å². The number of para-hydroxylation sites is 1. The van der Waals surface area contributed by atoms with Gasteiger partial charge < -0.3 is 5.32 Å². The molecular weight excluding hydrogens is 198 g/mol. The highest BCUT2D eigenvalue weighted by Gasteiger charge is 2.08. The third kappa shape index (κ3) is 3.43. The number of terminal acetylenes is 1. The van der Waals surface area contributed by atoms with Crippen LogP contribution >= 0.6 is 0 Å². The average molecular weight is 215 g/mol. The second-order valence-corrected chi connectivity index (χ2v) is 3.99. The minimum Gasteiger partial charge on any atom is -0.326 e. The maximum Gasteiger partial charge on any atom is 0.225 e. The van der Waals surface area contributed by atoms with Crippen molar-refractivity contribution < 1.29 is 4.79 Å². The summed E-state index contributed by atoms with van der Waals surface area (Å²) in [6.45, 7) is 4.21. The van der Waals surface area contributed by atoms with E-state index in [2.05, 4.69) is 25.1 Å². The van der Waals surface area contributed by atoms with Gasteiger partial charge in [0.05, 0.1) is 0 Å². The third-order valence-electron chi connectivity index (χ3n) is 2.35. The van der Waals surface area contributed by atoms with Crippen molar-refractivity contribution in [2.45, 2.75) is 32.6 Å². The van der Waals surface area contributed by atoms with Crippen LogP contribution in [0.15, 0.2) is 24.3 Å². The lowest BCUT2D eigenvalue weighted by molar-refractivity contribution is -0.116. The molecule has 0 fully saturated rings. The van der Waals surface area contributed by atoms with Crippen molar-refractivity contribution in [2.75, 3.05) is 5.32 Å². The van der Waals surface area contributed by atoms with Crippen molar-refractivity contribution in [1.82, 2.24) is 0 Å². The highest BCUT2D eigenvalue weighted by molar-refractivity contribution is 5.91. The van der Waals surface area contributed by atoms with Gasteiger partial charge in [0.25, 0.3) is 0 Å². The molecule has 0 aliphatic carbocycles. The van der Waals surface area contributed by atoms with E-state index in [-0.39, 0.29) is 5.91 Å². The van der Waals surface area contributed by atoms with Crippen LogP contribution in [-0.4, -0.2) is 5.91 Å². The molecule has 2 heteroatoms. The molecule has 0 heterocycles. The molecule has 0 atom stereocenters. The number of nitrogens with one attached hydrogen (secondary N) is 1. The van der Waals surface area contributed by atoms with E-state index in [9.17, 15) is 4.79 Å². The highest BCUT2D eigenvalue weighted by Crippen LogP contribution is 2.23. The van der Waals surface area contributed by atoms with Crippen molar-refractivity contribution >= 4 is 11.6 Å². The number of rotatable bonds is 4. The molecule has 1 aromatic carbocycles. The molecule has 0 saturated carbocycles. The van der Waals surface area contributed by atoms with E-state index in [0.29, 0.717) is 18.8 Å². The highest BCUT2D eigenvalue weighted by atomic mass is 16.1. The molecule has 0 aliphatic rings. The number of amides is 1. The monoisotopic (exact) mass is 215 g/mol. The summed E-state index contributed by atoms with van der Waals surface area (Å²) in [4.78, 5) is 11.5. The van der Waals surface area contributed by atoms with Crippen molar-refractivity contribution in [3.8, 4) is 12.3 Å². The molecule has 16 heavy (non-hydrogen) atoms. The largest absolute Gasteiger partial charge is 0.326 e. The molecule has 2 nitrogen and oxygen atoms in total. The second-order valence-electron chi connectivity index (χ2n) is 3.99. The van der Waals surface area contributed by atoms with Crippen molar-refractivity contribution in [3.63, 3.8) is 0 Å². The molecule has 1 amide bonds. The van der Waals surface area contributed by atoms with Gasteiger partial charge in [0.2, 0.25) is 5.91 Å². The van der Waals surface area contributed by atoms with Crippen LogP contribution in [0.3, 0.4) is 0 Å². The molecule has 0 saturated heterocycles. The van der Waals surface area contributed by atoms with E-state index in [1.54, 1.807) is 0 Å². The Hall–Kier alpha value is -1.75. The lowest BCUT2D eigenvalue weighted by atomic mass is 10.0. The number of benzene rings is 1. The third-order valence-corrected chi connectivity index (χ3v) is 2.35. The summed E-state index contributed by atoms with van der Waals surface area (Å²) in [5, 5.41) is 2.89. The lowest BCUT2D eigenvalue weighted by Gasteiger charge is -2.13. The maximum atomic E-state index is 11.5. The molecule has 0 bridgehead atoms. The lowest BCUT2D eigenvalue weighted by Crippen LogP contribution is -2.12. The number of carbonyl (C=O) groups is 1. The molecule has 1 N–H and O–H groups in total. The van der Waals surface area contributed by atoms with Crippen LogP contribution in [0.25, 0.3) is 0 Å². The Kier molecular flexibility index (Phi) is 4.60. The van der Waals surface area contributed by atoms with Crippen LogP contribution in [-0.2, 0) is 4.79 Å². The Balaban J connectivity index is 2.73. The smallest absolute Gasteiger partial charge is 0.225 e. The summed E-state index contributed by atoms with van der Waals surface area (Å²) in [6.07, 6.45) is 5.98. The molecule has 84 valence electrons. The second kappa shape index (κ2) is 5.97. The van der Waals surface area contributed by atoms with Gasteiger partial charge in [-0.2, -0.15) is 0 Å². The first-order valence-electron chi connectivity index (χ1n) is 5.47. The number of hydrogen-bond donors (Lipinski definition) is 1. The molecule has 0 spiro atoms. The minimum absolute atomic E-state index is 0.0222.